The minimum atomic E-state index is -0.315. The molecule has 0 amide bonds. The molecule has 1 rings (SSSR count). The number of unbranched alkanes of at least 4 members (excludes halogenated alkanes) is 1. The molecule has 1 aliphatic rings. The molecule has 0 aromatic heterocycles. The SMILES string of the molecule is C=CCCCC(O)C1(OC)CCC(C)CC1. The molecule has 0 heterocycles. The van der Waals surface area contributed by atoms with Gasteiger partial charge >= 0.3 is 0 Å². The second-order valence-corrected chi connectivity index (χ2v) is 5.19. The van der Waals surface area contributed by atoms with E-state index >= 15 is 0 Å². The van der Waals surface area contributed by atoms with Crippen LogP contribution in [0.5, 0.6) is 0 Å². The summed E-state index contributed by atoms with van der Waals surface area (Å²) in [7, 11) is 1.74. The monoisotopic (exact) mass is 226 g/mol. The molecule has 1 saturated carbocycles. The van der Waals surface area contributed by atoms with Gasteiger partial charge in [0.05, 0.1) is 11.7 Å². The van der Waals surface area contributed by atoms with E-state index in [1.165, 1.54) is 12.8 Å². The molecule has 1 atom stereocenters. The predicted molar refractivity (Wildman–Crippen MR) is 67.4 cm³/mol. The molecule has 0 aliphatic heterocycles. The Kier molecular flexibility index (Phi) is 5.50. The van der Waals surface area contributed by atoms with Crippen LogP contribution in [0.1, 0.15) is 51.9 Å². The van der Waals surface area contributed by atoms with Crippen LogP contribution in [-0.4, -0.2) is 23.9 Å². The lowest BCUT2D eigenvalue weighted by Gasteiger charge is -2.41. The summed E-state index contributed by atoms with van der Waals surface area (Å²) in [6.07, 6.45) is 8.76. The van der Waals surface area contributed by atoms with Crippen molar-refractivity contribution in [3.63, 3.8) is 0 Å². The van der Waals surface area contributed by atoms with Crippen LogP contribution < -0.4 is 0 Å². The van der Waals surface area contributed by atoms with Gasteiger partial charge in [-0.25, -0.2) is 0 Å². The Morgan fingerprint density at radius 3 is 2.62 bits per heavy atom. The van der Waals surface area contributed by atoms with E-state index in [1.54, 1.807) is 7.11 Å². The zero-order valence-corrected chi connectivity index (χ0v) is 10.7. The fraction of sp³-hybridized carbons (Fsp3) is 0.857. The first kappa shape index (κ1) is 13.7. The van der Waals surface area contributed by atoms with Crippen LogP contribution >= 0.6 is 0 Å². The van der Waals surface area contributed by atoms with Gasteiger partial charge in [0.1, 0.15) is 0 Å². The molecule has 0 radical (unpaired) electrons. The van der Waals surface area contributed by atoms with Gasteiger partial charge in [-0.2, -0.15) is 0 Å². The zero-order chi connectivity index (χ0) is 12.0. The van der Waals surface area contributed by atoms with Gasteiger partial charge < -0.3 is 9.84 Å². The van der Waals surface area contributed by atoms with Crippen molar-refractivity contribution in [3.8, 4) is 0 Å². The van der Waals surface area contributed by atoms with Crippen molar-refractivity contribution in [2.45, 2.75) is 63.6 Å². The molecule has 0 spiro atoms. The average Bonchev–Trinajstić information content (AvgIpc) is 2.31. The number of hydrogen-bond acceptors (Lipinski definition) is 2. The van der Waals surface area contributed by atoms with Crippen molar-refractivity contribution >= 4 is 0 Å². The molecule has 0 saturated heterocycles. The van der Waals surface area contributed by atoms with E-state index in [1.807, 2.05) is 6.08 Å². The standard InChI is InChI=1S/C14H26O2/c1-4-5-6-7-13(15)14(16-3)10-8-12(2)9-11-14/h4,12-13,15H,1,5-11H2,2-3H3. The Balaban J connectivity index is 2.47. The smallest absolute Gasteiger partial charge is 0.0936 e. The molecule has 1 fully saturated rings. The number of allylic oxidation sites excluding steroid dienone is 1. The van der Waals surface area contributed by atoms with Crippen molar-refractivity contribution in [2.75, 3.05) is 7.11 Å². The Labute approximate surface area is 99.7 Å². The summed E-state index contributed by atoms with van der Waals surface area (Å²) >= 11 is 0. The molecule has 0 aromatic rings. The number of hydrogen-bond donors (Lipinski definition) is 1. The van der Waals surface area contributed by atoms with Gasteiger partial charge in [-0.3, -0.25) is 0 Å². The average molecular weight is 226 g/mol. The number of ether oxygens (including phenoxy) is 1. The third-order valence-corrected chi connectivity index (χ3v) is 4.02. The minimum absolute atomic E-state index is 0.270. The molecule has 1 N–H and O–H groups in total. The normalized spacial score (nSPS) is 32.3. The Morgan fingerprint density at radius 2 is 2.12 bits per heavy atom. The maximum atomic E-state index is 10.3. The summed E-state index contributed by atoms with van der Waals surface area (Å²) in [4.78, 5) is 0. The van der Waals surface area contributed by atoms with E-state index in [2.05, 4.69) is 13.5 Å². The summed E-state index contributed by atoms with van der Waals surface area (Å²) in [5.41, 5.74) is -0.270. The second kappa shape index (κ2) is 6.41. The molecule has 0 aromatic carbocycles. The van der Waals surface area contributed by atoms with Crippen LogP contribution in [0.15, 0.2) is 12.7 Å². The molecule has 1 unspecified atom stereocenters. The lowest BCUT2D eigenvalue weighted by Crippen LogP contribution is -2.46. The highest BCUT2D eigenvalue weighted by molar-refractivity contribution is 4.92. The topological polar surface area (TPSA) is 29.5 Å². The van der Waals surface area contributed by atoms with Crippen molar-refractivity contribution in [3.05, 3.63) is 12.7 Å². The Bertz CT molecular complexity index is 205. The van der Waals surface area contributed by atoms with E-state index in [4.69, 9.17) is 4.74 Å². The number of aliphatic hydroxyl groups excluding tert-OH is 1. The van der Waals surface area contributed by atoms with E-state index in [9.17, 15) is 5.11 Å². The van der Waals surface area contributed by atoms with Gasteiger partial charge in [0.15, 0.2) is 0 Å². The molecule has 94 valence electrons. The van der Waals surface area contributed by atoms with Crippen molar-refractivity contribution in [1.82, 2.24) is 0 Å². The number of methoxy groups -OCH3 is 1. The molecule has 0 bridgehead atoms. The Hall–Kier alpha value is -0.340. The van der Waals surface area contributed by atoms with Gasteiger partial charge in [0, 0.05) is 7.11 Å². The predicted octanol–water partition coefficient (Wildman–Crippen LogP) is 3.30. The summed E-state index contributed by atoms with van der Waals surface area (Å²) in [5.74, 6) is 0.781. The van der Waals surface area contributed by atoms with Crippen LogP contribution in [0.2, 0.25) is 0 Å². The summed E-state index contributed by atoms with van der Waals surface area (Å²) in [6.45, 7) is 5.99. The largest absolute Gasteiger partial charge is 0.390 e. The lowest BCUT2D eigenvalue weighted by molar-refractivity contribution is -0.130. The molecule has 1 aliphatic carbocycles. The molecular formula is C14H26O2. The highest BCUT2D eigenvalue weighted by Gasteiger charge is 2.40. The van der Waals surface area contributed by atoms with Gasteiger partial charge in [0.25, 0.3) is 0 Å². The summed E-state index contributed by atoms with van der Waals surface area (Å²) < 4.78 is 5.64. The van der Waals surface area contributed by atoms with Crippen LogP contribution in [0.4, 0.5) is 0 Å². The summed E-state index contributed by atoms with van der Waals surface area (Å²) in [5, 5.41) is 10.3. The minimum Gasteiger partial charge on any atom is -0.390 e. The van der Waals surface area contributed by atoms with Crippen LogP contribution in [0.3, 0.4) is 0 Å². The van der Waals surface area contributed by atoms with Crippen LogP contribution in [0, 0.1) is 5.92 Å². The third-order valence-electron chi connectivity index (χ3n) is 4.02. The van der Waals surface area contributed by atoms with Gasteiger partial charge in [-0.15, -0.1) is 6.58 Å². The van der Waals surface area contributed by atoms with Crippen molar-refractivity contribution in [2.24, 2.45) is 5.92 Å². The fourth-order valence-electron chi connectivity index (χ4n) is 2.64. The second-order valence-electron chi connectivity index (χ2n) is 5.19. The van der Waals surface area contributed by atoms with Crippen molar-refractivity contribution < 1.29 is 9.84 Å². The first-order valence-corrected chi connectivity index (χ1v) is 6.48. The van der Waals surface area contributed by atoms with E-state index in [0.717, 1.165) is 38.0 Å². The van der Waals surface area contributed by atoms with Gasteiger partial charge in [0.2, 0.25) is 0 Å². The van der Waals surface area contributed by atoms with Crippen LogP contribution in [0.25, 0.3) is 0 Å². The third kappa shape index (κ3) is 3.33. The molecule has 2 nitrogen and oxygen atoms in total. The van der Waals surface area contributed by atoms with Gasteiger partial charge in [-0.1, -0.05) is 13.0 Å². The number of aliphatic hydroxyl groups is 1. The molecule has 2 heteroatoms. The highest BCUT2D eigenvalue weighted by Crippen LogP contribution is 2.38. The molecule has 16 heavy (non-hydrogen) atoms. The summed E-state index contributed by atoms with van der Waals surface area (Å²) in [6, 6.07) is 0. The maximum Gasteiger partial charge on any atom is 0.0936 e. The lowest BCUT2D eigenvalue weighted by atomic mass is 9.75. The van der Waals surface area contributed by atoms with Crippen LogP contribution in [-0.2, 0) is 4.74 Å². The van der Waals surface area contributed by atoms with Crippen molar-refractivity contribution in [1.29, 1.82) is 0 Å². The zero-order valence-electron chi connectivity index (χ0n) is 10.7. The Morgan fingerprint density at radius 1 is 1.50 bits per heavy atom. The van der Waals surface area contributed by atoms with E-state index in [-0.39, 0.29) is 11.7 Å². The number of rotatable bonds is 6. The first-order chi connectivity index (χ1) is 7.64. The fourth-order valence-corrected chi connectivity index (χ4v) is 2.64. The maximum absolute atomic E-state index is 10.3. The highest BCUT2D eigenvalue weighted by atomic mass is 16.5. The van der Waals surface area contributed by atoms with E-state index < -0.39 is 0 Å². The quantitative estimate of drug-likeness (QED) is 0.556. The van der Waals surface area contributed by atoms with Gasteiger partial charge in [-0.05, 0) is 50.9 Å². The molecular weight excluding hydrogens is 200 g/mol. The van der Waals surface area contributed by atoms with E-state index in [0.29, 0.717) is 0 Å². The first-order valence-electron chi connectivity index (χ1n) is 6.48.